The third-order valence-electron chi connectivity index (χ3n) is 4.56. The maximum atomic E-state index is 14.5. The van der Waals surface area contributed by atoms with Crippen molar-refractivity contribution in [1.29, 1.82) is 0 Å². The zero-order valence-electron chi connectivity index (χ0n) is 16.0. The van der Waals surface area contributed by atoms with Crippen molar-refractivity contribution >= 4 is 15.7 Å². The maximum absolute atomic E-state index is 14.5. The van der Waals surface area contributed by atoms with Crippen LogP contribution in [0.15, 0.2) is 77.7 Å². The Morgan fingerprint density at radius 3 is 2.36 bits per heavy atom. The molecule has 0 aromatic heterocycles. The maximum Gasteiger partial charge on any atom is 0.264 e. The van der Waals surface area contributed by atoms with Crippen LogP contribution in [0.4, 0.5) is 10.1 Å². The summed E-state index contributed by atoms with van der Waals surface area (Å²) in [4.78, 5) is 0.151. The third-order valence-corrected chi connectivity index (χ3v) is 6.46. The first-order valence-electron chi connectivity index (χ1n) is 8.84. The minimum absolute atomic E-state index is 0.151. The van der Waals surface area contributed by atoms with Crippen LogP contribution >= 0.6 is 0 Å². The van der Waals surface area contributed by atoms with Gasteiger partial charge in [-0.1, -0.05) is 36.4 Å². The minimum atomic E-state index is -3.95. The molecule has 0 amide bonds. The van der Waals surface area contributed by atoms with Crippen LogP contribution in [-0.2, 0) is 10.0 Å². The number of nitrogens with zero attached hydrogens (tertiary/aromatic N) is 1. The van der Waals surface area contributed by atoms with Crippen molar-refractivity contribution in [1.82, 2.24) is 0 Å². The van der Waals surface area contributed by atoms with Crippen molar-refractivity contribution in [2.75, 3.05) is 11.4 Å². The van der Waals surface area contributed by atoms with Crippen LogP contribution in [0, 0.1) is 12.7 Å². The lowest BCUT2D eigenvalue weighted by Gasteiger charge is -2.31. The molecule has 0 aliphatic rings. The Bertz CT molecular complexity index is 1080. The van der Waals surface area contributed by atoms with Crippen LogP contribution in [0.3, 0.4) is 0 Å². The molecule has 0 saturated carbocycles. The number of rotatable bonds is 6. The zero-order valence-corrected chi connectivity index (χ0v) is 16.8. The van der Waals surface area contributed by atoms with Crippen LogP contribution in [0.2, 0.25) is 0 Å². The third kappa shape index (κ3) is 3.87. The van der Waals surface area contributed by atoms with Crippen LogP contribution in [0.1, 0.15) is 24.1 Å². The van der Waals surface area contributed by atoms with Crippen molar-refractivity contribution in [2.45, 2.75) is 24.8 Å². The van der Waals surface area contributed by atoms with Gasteiger partial charge in [-0.25, -0.2) is 12.8 Å². The quantitative estimate of drug-likeness (QED) is 0.579. The Labute approximate surface area is 165 Å². The summed E-state index contributed by atoms with van der Waals surface area (Å²) in [6.07, 6.45) is 0. The summed E-state index contributed by atoms with van der Waals surface area (Å²) >= 11 is 0. The highest BCUT2D eigenvalue weighted by atomic mass is 32.2. The van der Waals surface area contributed by atoms with Gasteiger partial charge in [0.25, 0.3) is 10.0 Å². The van der Waals surface area contributed by atoms with Crippen molar-refractivity contribution in [3.8, 4) is 5.75 Å². The Balaban J connectivity index is 2.21. The molecule has 0 aliphatic heterocycles. The van der Waals surface area contributed by atoms with E-state index in [9.17, 15) is 12.8 Å². The summed E-state index contributed by atoms with van der Waals surface area (Å²) in [7, 11) is -2.44. The van der Waals surface area contributed by atoms with Gasteiger partial charge in [0, 0.05) is 11.6 Å². The average molecular weight is 399 g/mol. The molecule has 3 rings (SSSR count). The van der Waals surface area contributed by atoms with Gasteiger partial charge in [-0.05, 0) is 49.7 Å². The molecular formula is C22H22FNO3S. The number of ether oxygens (including phenoxy) is 1. The highest BCUT2D eigenvalue weighted by molar-refractivity contribution is 7.92. The van der Waals surface area contributed by atoms with Gasteiger partial charge in [0.2, 0.25) is 0 Å². The van der Waals surface area contributed by atoms with E-state index in [2.05, 4.69) is 0 Å². The van der Waals surface area contributed by atoms with Gasteiger partial charge in [-0.2, -0.15) is 0 Å². The number of aryl methyl sites for hydroxylation is 1. The molecule has 1 unspecified atom stereocenters. The molecule has 6 heteroatoms. The molecule has 0 bridgehead atoms. The van der Waals surface area contributed by atoms with E-state index in [1.165, 1.54) is 17.5 Å². The molecule has 0 aliphatic carbocycles. The van der Waals surface area contributed by atoms with Crippen molar-refractivity contribution < 1.29 is 17.5 Å². The summed E-state index contributed by atoms with van der Waals surface area (Å²) in [5.74, 6) is 0.0602. The molecule has 0 spiro atoms. The molecule has 4 nitrogen and oxygen atoms in total. The lowest BCUT2D eigenvalue weighted by Crippen LogP contribution is -2.34. The Hall–Kier alpha value is -2.86. The Kier molecular flexibility index (Phi) is 5.70. The number of hydrogen-bond acceptors (Lipinski definition) is 3. The number of methoxy groups -OCH3 is 1. The fraction of sp³-hybridized carbons (Fsp3) is 0.182. The largest absolute Gasteiger partial charge is 0.497 e. The smallest absolute Gasteiger partial charge is 0.264 e. The van der Waals surface area contributed by atoms with E-state index < -0.39 is 21.9 Å². The molecule has 0 heterocycles. The van der Waals surface area contributed by atoms with Crippen molar-refractivity contribution in [3.63, 3.8) is 0 Å². The highest BCUT2D eigenvalue weighted by Gasteiger charge is 2.32. The first-order valence-corrected chi connectivity index (χ1v) is 10.3. The second-order valence-electron chi connectivity index (χ2n) is 6.52. The molecule has 28 heavy (non-hydrogen) atoms. The molecule has 3 aromatic rings. The van der Waals surface area contributed by atoms with Gasteiger partial charge in [0.1, 0.15) is 11.6 Å². The highest BCUT2D eigenvalue weighted by Crippen LogP contribution is 2.35. The van der Waals surface area contributed by atoms with Crippen LogP contribution in [0.5, 0.6) is 5.75 Å². The monoisotopic (exact) mass is 399 g/mol. The van der Waals surface area contributed by atoms with E-state index in [-0.39, 0.29) is 4.90 Å². The second-order valence-corrected chi connectivity index (χ2v) is 8.33. The number of hydrogen-bond donors (Lipinski definition) is 0. The first-order chi connectivity index (χ1) is 13.3. The van der Waals surface area contributed by atoms with Crippen LogP contribution < -0.4 is 9.04 Å². The van der Waals surface area contributed by atoms with Crippen LogP contribution in [-0.4, -0.2) is 15.5 Å². The average Bonchev–Trinajstić information content (AvgIpc) is 2.68. The summed E-state index contributed by atoms with van der Waals surface area (Å²) in [6, 6.07) is 18.9. The molecule has 1 atom stereocenters. The molecule has 0 saturated heterocycles. The van der Waals surface area contributed by atoms with Gasteiger partial charge in [0.05, 0.1) is 23.7 Å². The van der Waals surface area contributed by atoms with Gasteiger partial charge in [-0.15, -0.1) is 0 Å². The topological polar surface area (TPSA) is 46.6 Å². The molecule has 0 radical (unpaired) electrons. The van der Waals surface area contributed by atoms with Gasteiger partial charge >= 0.3 is 0 Å². The Morgan fingerprint density at radius 1 is 0.964 bits per heavy atom. The summed E-state index contributed by atoms with van der Waals surface area (Å²) in [5.41, 5.74) is 1.52. The van der Waals surface area contributed by atoms with Crippen LogP contribution in [0.25, 0.3) is 0 Å². The predicted octanol–water partition coefficient (Wildman–Crippen LogP) is 5.10. The standard InChI is InChI=1S/C22H22FNO3S/c1-16-8-6-11-20(14-16)28(25,26)24(18-9-7-10-19(15-18)27-3)17(2)21-12-4-5-13-22(21)23/h4-15,17H,1-3H3. The van der Waals surface area contributed by atoms with Gasteiger partial charge in [-0.3, -0.25) is 4.31 Å². The summed E-state index contributed by atoms with van der Waals surface area (Å²) < 4.78 is 48.1. The molecule has 3 aromatic carbocycles. The SMILES string of the molecule is COc1cccc(N(C(C)c2ccccc2F)S(=O)(=O)c2cccc(C)c2)c1. The second kappa shape index (κ2) is 8.02. The number of anilines is 1. The van der Waals surface area contributed by atoms with Crippen molar-refractivity contribution in [2.24, 2.45) is 0 Å². The first kappa shape index (κ1) is 19.9. The normalized spacial score (nSPS) is 12.4. The number of halogens is 1. The molecule has 0 fully saturated rings. The summed E-state index contributed by atoms with van der Waals surface area (Å²) in [5, 5.41) is 0. The van der Waals surface area contributed by atoms with E-state index in [0.717, 1.165) is 5.56 Å². The van der Waals surface area contributed by atoms with E-state index in [1.807, 2.05) is 13.0 Å². The lowest BCUT2D eigenvalue weighted by molar-refractivity contribution is 0.415. The van der Waals surface area contributed by atoms with Crippen molar-refractivity contribution in [3.05, 3.63) is 89.7 Å². The predicted molar refractivity (Wildman–Crippen MR) is 109 cm³/mol. The fourth-order valence-electron chi connectivity index (χ4n) is 3.15. The van der Waals surface area contributed by atoms with Gasteiger partial charge < -0.3 is 4.74 Å². The fourth-order valence-corrected chi connectivity index (χ4v) is 4.88. The number of benzene rings is 3. The molecule has 0 N–H and O–H groups in total. The van der Waals surface area contributed by atoms with Gasteiger partial charge in [0.15, 0.2) is 0 Å². The Morgan fingerprint density at radius 2 is 1.68 bits per heavy atom. The summed E-state index contributed by atoms with van der Waals surface area (Å²) in [6.45, 7) is 3.50. The number of sulfonamides is 1. The van der Waals surface area contributed by atoms with E-state index in [0.29, 0.717) is 17.0 Å². The lowest BCUT2D eigenvalue weighted by atomic mass is 10.1. The zero-order chi connectivity index (χ0) is 20.3. The van der Waals surface area contributed by atoms with E-state index in [4.69, 9.17) is 4.74 Å². The van der Waals surface area contributed by atoms with E-state index >= 15 is 0 Å². The minimum Gasteiger partial charge on any atom is -0.497 e. The molecular weight excluding hydrogens is 377 g/mol. The molecule has 146 valence electrons. The van der Waals surface area contributed by atoms with E-state index in [1.54, 1.807) is 67.6 Å².